The van der Waals surface area contributed by atoms with Crippen molar-refractivity contribution in [1.82, 2.24) is 14.5 Å². The van der Waals surface area contributed by atoms with Crippen LogP contribution in [0, 0.1) is 12.7 Å². The van der Waals surface area contributed by atoms with Crippen LogP contribution in [0.2, 0.25) is 0 Å². The average molecular weight is 438 g/mol. The molecule has 5 nitrogen and oxygen atoms in total. The molecule has 1 saturated carbocycles. The van der Waals surface area contributed by atoms with Gasteiger partial charge in [-0.15, -0.1) is 11.3 Å². The molecule has 0 atom stereocenters. The van der Waals surface area contributed by atoms with E-state index in [4.69, 9.17) is 0 Å². The van der Waals surface area contributed by atoms with Crippen molar-refractivity contribution in [2.75, 3.05) is 5.32 Å². The number of thiophene rings is 1. The van der Waals surface area contributed by atoms with Crippen LogP contribution in [-0.4, -0.2) is 20.6 Å². The first-order chi connectivity index (χ1) is 14.2. The fourth-order valence-corrected chi connectivity index (χ4v) is 4.34. The minimum atomic E-state index is -4.40. The second kappa shape index (κ2) is 7.82. The highest BCUT2D eigenvalue weighted by molar-refractivity contribution is 7.12. The average Bonchev–Trinajstić information content (AvgIpc) is 3.11. The van der Waals surface area contributed by atoms with Crippen LogP contribution in [0.3, 0.4) is 0 Å². The monoisotopic (exact) mass is 438 g/mol. The molecule has 4 rings (SSSR count). The summed E-state index contributed by atoms with van der Waals surface area (Å²) in [7, 11) is 0. The van der Waals surface area contributed by atoms with Crippen LogP contribution < -0.4 is 11.0 Å². The third-order valence-corrected chi connectivity index (χ3v) is 6.27. The standard InChI is InChI=1S/C20H18F4N4OS/c1-11-25-18(26-15-8-13(9-15)12-2-4-14(21)5-3-12)27-19(29)28(11)10-16-6-7-17(30-16)20(22,23)24/h2-7,13,15H,8-10H2,1H3,(H,26,27,29)/t13-,15+. The van der Waals surface area contributed by atoms with Crippen molar-refractivity contribution in [3.8, 4) is 0 Å². The minimum absolute atomic E-state index is 0.0121. The Kier molecular flexibility index (Phi) is 5.35. The van der Waals surface area contributed by atoms with E-state index in [1.165, 1.54) is 22.8 Å². The van der Waals surface area contributed by atoms with Gasteiger partial charge in [-0.2, -0.15) is 23.1 Å². The summed E-state index contributed by atoms with van der Waals surface area (Å²) < 4.78 is 52.5. The molecule has 2 aromatic heterocycles. The molecule has 0 spiro atoms. The van der Waals surface area contributed by atoms with Crippen LogP contribution in [-0.2, 0) is 12.7 Å². The molecule has 1 aromatic carbocycles. The second-order valence-corrected chi connectivity index (χ2v) is 8.46. The van der Waals surface area contributed by atoms with Gasteiger partial charge in [0.1, 0.15) is 16.5 Å². The predicted molar refractivity (Wildman–Crippen MR) is 105 cm³/mol. The molecule has 30 heavy (non-hydrogen) atoms. The van der Waals surface area contributed by atoms with E-state index in [0.717, 1.165) is 24.5 Å². The summed E-state index contributed by atoms with van der Waals surface area (Å²) in [4.78, 5) is 20.3. The van der Waals surface area contributed by atoms with E-state index in [2.05, 4.69) is 15.3 Å². The molecule has 0 unspecified atom stereocenters. The molecule has 0 amide bonds. The zero-order valence-corrected chi connectivity index (χ0v) is 16.7. The number of alkyl halides is 3. The molecular formula is C20H18F4N4OS. The first-order valence-electron chi connectivity index (χ1n) is 9.32. The summed E-state index contributed by atoms with van der Waals surface area (Å²) in [5.74, 6) is 0.618. The molecule has 10 heteroatoms. The maximum absolute atomic E-state index is 13.0. The molecule has 0 aliphatic heterocycles. The highest BCUT2D eigenvalue weighted by atomic mass is 32.1. The van der Waals surface area contributed by atoms with Crippen molar-refractivity contribution in [2.24, 2.45) is 0 Å². The molecule has 0 saturated heterocycles. The van der Waals surface area contributed by atoms with E-state index in [-0.39, 0.29) is 24.4 Å². The predicted octanol–water partition coefficient (Wildman–Crippen LogP) is 4.57. The highest BCUT2D eigenvalue weighted by Gasteiger charge is 2.33. The van der Waals surface area contributed by atoms with Crippen LogP contribution in [0.4, 0.5) is 23.5 Å². The van der Waals surface area contributed by atoms with Gasteiger partial charge in [0.15, 0.2) is 0 Å². The van der Waals surface area contributed by atoms with Gasteiger partial charge in [0.05, 0.1) is 6.54 Å². The van der Waals surface area contributed by atoms with E-state index in [1.807, 2.05) is 0 Å². The molecule has 0 bridgehead atoms. The number of nitrogens with zero attached hydrogens (tertiary/aromatic N) is 3. The Bertz CT molecular complexity index is 1100. The lowest BCUT2D eigenvalue weighted by molar-refractivity contribution is -0.134. The number of hydrogen-bond donors (Lipinski definition) is 1. The molecule has 158 valence electrons. The summed E-state index contributed by atoms with van der Waals surface area (Å²) in [6, 6.07) is 8.88. The van der Waals surface area contributed by atoms with Gasteiger partial charge in [-0.25, -0.2) is 9.18 Å². The molecule has 3 aromatic rings. The zero-order chi connectivity index (χ0) is 21.5. The number of anilines is 1. The Balaban J connectivity index is 1.40. The van der Waals surface area contributed by atoms with Gasteiger partial charge in [-0.3, -0.25) is 4.57 Å². The van der Waals surface area contributed by atoms with E-state index in [9.17, 15) is 22.4 Å². The minimum Gasteiger partial charge on any atom is -0.351 e. The second-order valence-electron chi connectivity index (χ2n) is 7.29. The lowest BCUT2D eigenvalue weighted by Crippen LogP contribution is -2.36. The van der Waals surface area contributed by atoms with E-state index in [0.29, 0.717) is 28.0 Å². The highest BCUT2D eigenvalue weighted by Crippen LogP contribution is 2.38. The fraction of sp³-hybridized carbons (Fsp3) is 0.350. The summed E-state index contributed by atoms with van der Waals surface area (Å²) in [5, 5.41) is 3.13. The van der Waals surface area contributed by atoms with Gasteiger partial charge in [0.2, 0.25) is 5.95 Å². The Morgan fingerprint density at radius 3 is 2.43 bits per heavy atom. The van der Waals surface area contributed by atoms with Crippen LogP contribution in [0.15, 0.2) is 41.2 Å². The van der Waals surface area contributed by atoms with Crippen LogP contribution >= 0.6 is 11.3 Å². The SMILES string of the molecule is Cc1nc(N[C@H]2C[C@@H](c3ccc(F)cc3)C2)nc(=O)n1Cc1ccc(C(F)(F)F)s1. The van der Waals surface area contributed by atoms with Crippen molar-refractivity contribution < 1.29 is 17.6 Å². The molecule has 0 radical (unpaired) electrons. The molecule has 2 heterocycles. The normalized spacial score (nSPS) is 18.8. The van der Waals surface area contributed by atoms with Crippen LogP contribution in [0.25, 0.3) is 0 Å². The number of aryl methyl sites for hydroxylation is 1. The topological polar surface area (TPSA) is 59.8 Å². The molecule has 1 aliphatic carbocycles. The first-order valence-corrected chi connectivity index (χ1v) is 10.1. The van der Waals surface area contributed by atoms with Crippen molar-refractivity contribution in [3.05, 3.63) is 73.8 Å². The third kappa shape index (κ3) is 4.38. The van der Waals surface area contributed by atoms with Crippen molar-refractivity contribution >= 4 is 17.3 Å². The van der Waals surface area contributed by atoms with E-state index in [1.54, 1.807) is 19.1 Å². The van der Waals surface area contributed by atoms with Gasteiger partial charge in [0, 0.05) is 10.9 Å². The third-order valence-electron chi connectivity index (χ3n) is 5.16. The summed E-state index contributed by atoms with van der Waals surface area (Å²) in [6.45, 7) is 1.61. The van der Waals surface area contributed by atoms with Gasteiger partial charge >= 0.3 is 11.9 Å². The summed E-state index contributed by atoms with van der Waals surface area (Å²) >= 11 is 0.599. The number of rotatable bonds is 5. The Hall–Kier alpha value is -2.75. The van der Waals surface area contributed by atoms with Gasteiger partial charge in [-0.05, 0) is 55.5 Å². The van der Waals surface area contributed by atoms with Gasteiger partial charge in [-0.1, -0.05) is 12.1 Å². The maximum atomic E-state index is 13.0. The fourth-order valence-electron chi connectivity index (χ4n) is 3.47. The van der Waals surface area contributed by atoms with Gasteiger partial charge < -0.3 is 5.32 Å². The van der Waals surface area contributed by atoms with Crippen LogP contribution in [0.5, 0.6) is 0 Å². The molecular weight excluding hydrogens is 420 g/mol. The number of halogens is 4. The van der Waals surface area contributed by atoms with Gasteiger partial charge in [0.25, 0.3) is 0 Å². The maximum Gasteiger partial charge on any atom is 0.425 e. The summed E-state index contributed by atoms with van der Waals surface area (Å²) in [6.07, 6.45) is -2.78. The van der Waals surface area contributed by atoms with E-state index >= 15 is 0 Å². The largest absolute Gasteiger partial charge is 0.425 e. The lowest BCUT2D eigenvalue weighted by Gasteiger charge is -2.36. The smallest absolute Gasteiger partial charge is 0.351 e. The number of hydrogen-bond acceptors (Lipinski definition) is 5. The van der Waals surface area contributed by atoms with Crippen LogP contribution in [0.1, 0.15) is 39.9 Å². The quantitative estimate of drug-likeness (QED) is 0.593. The number of benzene rings is 1. The Labute approximate surface area is 173 Å². The van der Waals surface area contributed by atoms with E-state index < -0.39 is 16.7 Å². The summed E-state index contributed by atoms with van der Waals surface area (Å²) in [5.41, 5.74) is 0.498. The zero-order valence-electron chi connectivity index (χ0n) is 15.9. The molecule has 1 aliphatic rings. The first kappa shape index (κ1) is 20.5. The lowest BCUT2D eigenvalue weighted by atomic mass is 9.76. The Morgan fingerprint density at radius 2 is 1.83 bits per heavy atom. The number of nitrogens with one attached hydrogen (secondary N) is 1. The van der Waals surface area contributed by atoms with Crippen molar-refractivity contribution in [2.45, 2.75) is 44.4 Å². The molecule has 1 fully saturated rings. The van der Waals surface area contributed by atoms with Crippen molar-refractivity contribution in [1.29, 1.82) is 0 Å². The molecule has 1 N–H and O–H groups in total. The van der Waals surface area contributed by atoms with Crippen molar-refractivity contribution in [3.63, 3.8) is 0 Å². The Morgan fingerprint density at radius 1 is 1.13 bits per heavy atom. The number of aromatic nitrogens is 3.